The van der Waals surface area contributed by atoms with E-state index in [1.54, 1.807) is 5.51 Å². The molecule has 0 unspecified atom stereocenters. The summed E-state index contributed by atoms with van der Waals surface area (Å²) in [5.41, 5.74) is 2.37. The molecular weight excluding hydrogens is 332 g/mol. The van der Waals surface area contributed by atoms with E-state index in [4.69, 9.17) is 11.6 Å². The molecule has 0 atom stereocenters. The van der Waals surface area contributed by atoms with Crippen LogP contribution in [0.5, 0.6) is 0 Å². The molecule has 9 heteroatoms. The molecule has 0 aromatic carbocycles. The molecule has 0 amide bonds. The number of sulfonamides is 1. The summed E-state index contributed by atoms with van der Waals surface area (Å²) in [6.45, 7) is 2.77. The Balaban J connectivity index is 2.24. The predicted molar refractivity (Wildman–Crippen MR) is 84.2 cm³/mol. The minimum atomic E-state index is -3.65. The number of nitrogens with one attached hydrogen (secondary N) is 1. The number of nitrogens with zero attached hydrogens (tertiary/aromatic N) is 3. The van der Waals surface area contributed by atoms with Crippen molar-refractivity contribution in [2.45, 2.75) is 18.4 Å². The van der Waals surface area contributed by atoms with Gasteiger partial charge in [0.05, 0.1) is 22.8 Å². The van der Waals surface area contributed by atoms with Gasteiger partial charge in [0.15, 0.2) is 0 Å². The van der Waals surface area contributed by atoms with Crippen LogP contribution in [0.25, 0.3) is 0 Å². The Kier molecular flexibility index (Phi) is 5.15. The highest BCUT2D eigenvalue weighted by Gasteiger charge is 2.23. The Hall–Kier alpha value is -1.22. The van der Waals surface area contributed by atoms with Gasteiger partial charge in [-0.1, -0.05) is 11.6 Å². The topological polar surface area (TPSA) is 75.2 Å². The van der Waals surface area contributed by atoms with Crippen molar-refractivity contribution in [1.29, 1.82) is 0 Å². The average Bonchev–Trinajstić information content (AvgIpc) is 2.94. The number of hydrogen-bond donors (Lipinski definition) is 1. The molecule has 0 spiro atoms. The molecule has 114 valence electrons. The van der Waals surface area contributed by atoms with Crippen molar-refractivity contribution in [1.82, 2.24) is 14.3 Å². The Morgan fingerprint density at radius 2 is 2.19 bits per heavy atom. The molecule has 0 bridgehead atoms. The van der Waals surface area contributed by atoms with Crippen molar-refractivity contribution in [3.63, 3.8) is 0 Å². The number of hydrogen-bond acceptors (Lipinski definition) is 6. The lowest BCUT2D eigenvalue weighted by atomic mass is 10.4. The second-order valence-electron chi connectivity index (χ2n) is 4.27. The van der Waals surface area contributed by atoms with Gasteiger partial charge >= 0.3 is 0 Å². The van der Waals surface area contributed by atoms with Crippen molar-refractivity contribution in [3.05, 3.63) is 33.9 Å². The van der Waals surface area contributed by atoms with Crippen molar-refractivity contribution in [2.75, 3.05) is 18.9 Å². The summed E-state index contributed by atoms with van der Waals surface area (Å²) in [5, 5.41) is 5.05. The smallest absolute Gasteiger partial charge is 0.244 e. The van der Waals surface area contributed by atoms with E-state index in [0.29, 0.717) is 18.1 Å². The van der Waals surface area contributed by atoms with Crippen LogP contribution in [0.2, 0.25) is 5.02 Å². The molecule has 21 heavy (non-hydrogen) atoms. The van der Waals surface area contributed by atoms with E-state index < -0.39 is 10.0 Å². The van der Waals surface area contributed by atoms with E-state index in [1.165, 1.54) is 35.0 Å². The molecule has 0 saturated heterocycles. The van der Waals surface area contributed by atoms with Gasteiger partial charge in [-0.2, -0.15) is 4.31 Å². The summed E-state index contributed by atoms with van der Waals surface area (Å²) in [6.07, 6.45) is 1.30. The van der Waals surface area contributed by atoms with E-state index >= 15 is 0 Å². The zero-order chi connectivity index (χ0) is 15.5. The lowest BCUT2D eigenvalue weighted by Crippen LogP contribution is -2.26. The Labute approximate surface area is 132 Å². The predicted octanol–water partition coefficient (Wildman–Crippen LogP) is 2.44. The molecule has 2 aromatic rings. The van der Waals surface area contributed by atoms with E-state index in [9.17, 15) is 8.42 Å². The molecule has 2 rings (SSSR count). The van der Waals surface area contributed by atoms with Crippen LogP contribution in [-0.2, 0) is 16.6 Å². The SMILES string of the molecule is CCNc1ncc(S(=O)(=O)N(C)Cc2cscn2)cc1Cl. The summed E-state index contributed by atoms with van der Waals surface area (Å²) < 4.78 is 26.1. The number of anilines is 1. The maximum Gasteiger partial charge on any atom is 0.244 e. The standard InChI is InChI=1S/C12H15ClN4O2S2/c1-3-14-12-11(13)4-10(5-15-12)21(18,19)17(2)6-9-7-20-8-16-9/h4-5,7-8H,3,6H2,1-2H3,(H,14,15). The van der Waals surface area contributed by atoms with Gasteiger partial charge in [-0.25, -0.2) is 18.4 Å². The number of thiazole rings is 1. The first-order valence-corrected chi connectivity index (χ1v) is 8.94. The summed E-state index contributed by atoms with van der Waals surface area (Å²) in [4.78, 5) is 8.19. The largest absolute Gasteiger partial charge is 0.369 e. The highest BCUT2D eigenvalue weighted by Crippen LogP contribution is 2.24. The number of rotatable bonds is 6. The van der Waals surface area contributed by atoms with E-state index in [2.05, 4.69) is 15.3 Å². The van der Waals surface area contributed by atoms with E-state index in [0.717, 1.165) is 0 Å². The van der Waals surface area contributed by atoms with Gasteiger partial charge in [0.2, 0.25) is 10.0 Å². The third-order valence-electron chi connectivity index (χ3n) is 2.74. The lowest BCUT2D eigenvalue weighted by molar-refractivity contribution is 0.463. The summed E-state index contributed by atoms with van der Waals surface area (Å²) in [5.74, 6) is 0.472. The van der Waals surface area contributed by atoms with Crippen LogP contribution in [0.3, 0.4) is 0 Å². The van der Waals surface area contributed by atoms with E-state index in [1.807, 2.05) is 12.3 Å². The average molecular weight is 347 g/mol. The van der Waals surface area contributed by atoms with Gasteiger partial charge in [-0.15, -0.1) is 11.3 Å². The second-order valence-corrected chi connectivity index (χ2v) is 7.44. The highest BCUT2D eigenvalue weighted by atomic mass is 35.5. The van der Waals surface area contributed by atoms with Crippen LogP contribution in [0, 0.1) is 0 Å². The fourth-order valence-electron chi connectivity index (χ4n) is 1.67. The first-order chi connectivity index (χ1) is 9.95. The second kappa shape index (κ2) is 6.69. The van der Waals surface area contributed by atoms with Gasteiger partial charge in [0.25, 0.3) is 0 Å². The molecule has 0 fully saturated rings. The van der Waals surface area contributed by atoms with Crippen molar-refractivity contribution in [3.8, 4) is 0 Å². The monoisotopic (exact) mass is 346 g/mol. The number of pyridine rings is 1. The molecule has 2 heterocycles. The summed E-state index contributed by atoms with van der Waals surface area (Å²) >= 11 is 7.47. The maximum atomic E-state index is 12.5. The number of aromatic nitrogens is 2. The summed E-state index contributed by atoms with van der Waals surface area (Å²) in [6, 6.07) is 1.40. The maximum absolute atomic E-state index is 12.5. The molecule has 2 aromatic heterocycles. The molecule has 0 aliphatic carbocycles. The van der Waals surface area contributed by atoms with Crippen LogP contribution in [0.15, 0.2) is 28.0 Å². The lowest BCUT2D eigenvalue weighted by Gasteiger charge is -2.16. The minimum Gasteiger partial charge on any atom is -0.369 e. The van der Waals surface area contributed by atoms with Gasteiger partial charge in [-0.05, 0) is 13.0 Å². The normalized spacial score (nSPS) is 11.8. The van der Waals surface area contributed by atoms with Crippen LogP contribution in [0.1, 0.15) is 12.6 Å². The molecule has 0 aliphatic heterocycles. The van der Waals surface area contributed by atoms with Crippen molar-refractivity contribution >= 4 is 38.8 Å². The van der Waals surface area contributed by atoms with Crippen LogP contribution < -0.4 is 5.32 Å². The van der Waals surface area contributed by atoms with Gasteiger partial charge in [0.1, 0.15) is 10.7 Å². The Morgan fingerprint density at radius 1 is 1.43 bits per heavy atom. The van der Waals surface area contributed by atoms with Gasteiger partial charge in [0, 0.05) is 25.2 Å². The molecular formula is C12H15ClN4O2S2. The minimum absolute atomic E-state index is 0.0619. The Morgan fingerprint density at radius 3 is 2.76 bits per heavy atom. The van der Waals surface area contributed by atoms with Crippen LogP contribution in [-0.4, -0.2) is 36.3 Å². The fourth-order valence-corrected chi connectivity index (χ4v) is 3.63. The molecule has 0 radical (unpaired) electrons. The highest BCUT2D eigenvalue weighted by molar-refractivity contribution is 7.89. The summed E-state index contributed by atoms with van der Waals surface area (Å²) in [7, 11) is -2.15. The first-order valence-electron chi connectivity index (χ1n) is 6.18. The van der Waals surface area contributed by atoms with Crippen LogP contribution in [0.4, 0.5) is 5.82 Å². The van der Waals surface area contributed by atoms with Crippen LogP contribution >= 0.6 is 22.9 Å². The zero-order valence-electron chi connectivity index (χ0n) is 11.6. The third kappa shape index (κ3) is 3.70. The zero-order valence-corrected chi connectivity index (χ0v) is 14.0. The fraction of sp³-hybridized carbons (Fsp3) is 0.333. The van der Waals surface area contributed by atoms with E-state index in [-0.39, 0.29) is 16.5 Å². The molecule has 0 saturated carbocycles. The molecule has 6 nitrogen and oxygen atoms in total. The third-order valence-corrected chi connectivity index (χ3v) is 5.43. The quantitative estimate of drug-likeness (QED) is 0.869. The Bertz CT molecular complexity index is 704. The van der Waals surface area contributed by atoms with Gasteiger partial charge < -0.3 is 5.32 Å². The van der Waals surface area contributed by atoms with Crippen molar-refractivity contribution < 1.29 is 8.42 Å². The number of halogens is 1. The first kappa shape index (κ1) is 16.2. The molecule has 0 aliphatic rings. The van der Waals surface area contributed by atoms with Crippen molar-refractivity contribution in [2.24, 2.45) is 0 Å². The molecule has 1 N–H and O–H groups in total. The van der Waals surface area contributed by atoms with Gasteiger partial charge in [-0.3, -0.25) is 0 Å².